The first-order chi connectivity index (χ1) is 15.3. The van der Waals surface area contributed by atoms with Crippen molar-refractivity contribution in [2.24, 2.45) is 0 Å². The summed E-state index contributed by atoms with van der Waals surface area (Å²) in [5.41, 5.74) is 4.01. The number of ether oxygens (including phenoxy) is 1. The van der Waals surface area contributed by atoms with Crippen molar-refractivity contribution in [1.29, 1.82) is 0 Å². The lowest BCUT2D eigenvalue weighted by molar-refractivity contribution is 0.0363. The van der Waals surface area contributed by atoms with Crippen LogP contribution in [0.15, 0.2) is 83.7 Å². The van der Waals surface area contributed by atoms with Crippen LogP contribution in [0.25, 0.3) is 33.4 Å². The second-order valence-corrected chi connectivity index (χ2v) is 7.81. The van der Waals surface area contributed by atoms with E-state index in [9.17, 15) is 4.79 Å². The van der Waals surface area contributed by atoms with E-state index in [4.69, 9.17) is 9.72 Å². The summed E-state index contributed by atoms with van der Waals surface area (Å²) >= 11 is 0. The summed E-state index contributed by atoms with van der Waals surface area (Å²) in [5.74, 6) is 0.719. The zero-order valence-corrected chi connectivity index (χ0v) is 17.4. The van der Waals surface area contributed by atoms with Gasteiger partial charge in [-0.05, 0) is 23.3 Å². The van der Waals surface area contributed by atoms with Gasteiger partial charge in [-0.1, -0.05) is 66.7 Å². The average Bonchev–Trinajstić information content (AvgIpc) is 2.85. The topological polar surface area (TPSA) is 47.4 Å². The Morgan fingerprint density at radius 2 is 1.39 bits per heavy atom. The standard InChI is InChI=1S/C26H25N3O2/c30-26-23-8-4-5-9-24(23)27-25(29(26)15-14-28-16-18-31-19-17-28)22-12-10-21(11-13-22)20-6-2-1-3-7-20/h1-13H,14-19H2. The first-order valence-corrected chi connectivity index (χ1v) is 10.8. The van der Waals surface area contributed by atoms with E-state index in [0.717, 1.165) is 55.3 Å². The second-order valence-electron chi connectivity index (χ2n) is 7.81. The summed E-state index contributed by atoms with van der Waals surface area (Å²) in [6.45, 7) is 4.70. The molecule has 1 aliphatic heterocycles. The molecule has 0 spiro atoms. The van der Waals surface area contributed by atoms with Crippen molar-refractivity contribution in [2.45, 2.75) is 6.54 Å². The molecule has 1 fully saturated rings. The number of morpholine rings is 1. The van der Waals surface area contributed by atoms with E-state index in [1.165, 1.54) is 5.56 Å². The highest BCUT2D eigenvalue weighted by Gasteiger charge is 2.15. The van der Waals surface area contributed by atoms with Gasteiger partial charge in [0.1, 0.15) is 5.82 Å². The summed E-state index contributed by atoms with van der Waals surface area (Å²) in [6, 6.07) is 26.2. The van der Waals surface area contributed by atoms with Gasteiger partial charge in [0, 0.05) is 31.7 Å². The van der Waals surface area contributed by atoms with Crippen LogP contribution in [0.3, 0.4) is 0 Å². The van der Waals surface area contributed by atoms with Crippen molar-refractivity contribution in [3.8, 4) is 22.5 Å². The molecule has 1 saturated heterocycles. The van der Waals surface area contributed by atoms with Gasteiger partial charge in [0.05, 0.1) is 24.1 Å². The zero-order chi connectivity index (χ0) is 21.0. The van der Waals surface area contributed by atoms with E-state index >= 15 is 0 Å². The van der Waals surface area contributed by atoms with Crippen LogP contribution in [0.5, 0.6) is 0 Å². The molecular formula is C26H25N3O2. The quantitative estimate of drug-likeness (QED) is 0.497. The monoisotopic (exact) mass is 411 g/mol. The smallest absolute Gasteiger partial charge is 0.261 e. The molecular weight excluding hydrogens is 386 g/mol. The zero-order valence-electron chi connectivity index (χ0n) is 17.4. The van der Waals surface area contributed by atoms with Gasteiger partial charge in [-0.15, -0.1) is 0 Å². The highest BCUT2D eigenvalue weighted by atomic mass is 16.5. The van der Waals surface area contributed by atoms with E-state index < -0.39 is 0 Å². The van der Waals surface area contributed by atoms with E-state index in [1.807, 2.05) is 47.0 Å². The third kappa shape index (κ3) is 4.15. The van der Waals surface area contributed by atoms with Crippen molar-refractivity contribution >= 4 is 10.9 Å². The van der Waals surface area contributed by atoms with Crippen LogP contribution >= 0.6 is 0 Å². The Labute approximate surface area is 181 Å². The molecule has 4 aromatic rings. The Morgan fingerprint density at radius 3 is 2.16 bits per heavy atom. The first-order valence-electron chi connectivity index (χ1n) is 10.8. The highest BCUT2D eigenvalue weighted by Crippen LogP contribution is 2.24. The van der Waals surface area contributed by atoms with Gasteiger partial charge in [-0.3, -0.25) is 14.3 Å². The normalized spacial score (nSPS) is 14.7. The molecule has 156 valence electrons. The molecule has 5 rings (SSSR count). The maximum Gasteiger partial charge on any atom is 0.261 e. The maximum atomic E-state index is 13.4. The van der Waals surface area contributed by atoms with Crippen LogP contribution in [0, 0.1) is 0 Å². The summed E-state index contributed by atoms with van der Waals surface area (Å²) in [6.07, 6.45) is 0. The van der Waals surface area contributed by atoms with Crippen molar-refractivity contribution in [3.05, 3.63) is 89.2 Å². The van der Waals surface area contributed by atoms with Gasteiger partial charge < -0.3 is 4.74 Å². The van der Waals surface area contributed by atoms with Gasteiger partial charge in [0.2, 0.25) is 0 Å². The minimum Gasteiger partial charge on any atom is -0.379 e. The number of nitrogens with zero attached hydrogens (tertiary/aromatic N) is 3. The minimum absolute atomic E-state index is 0.0148. The lowest BCUT2D eigenvalue weighted by Gasteiger charge is -2.27. The minimum atomic E-state index is 0.0148. The summed E-state index contributed by atoms with van der Waals surface area (Å²) in [7, 11) is 0. The highest BCUT2D eigenvalue weighted by molar-refractivity contribution is 5.80. The summed E-state index contributed by atoms with van der Waals surface area (Å²) in [4.78, 5) is 20.6. The number of aromatic nitrogens is 2. The summed E-state index contributed by atoms with van der Waals surface area (Å²) < 4.78 is 7.28. The molecule has 0 unspecified atom stereocenters. The average molecular weight is 412 g/mol. The van der Waals surface area contributed by atoms with Crippen LogP contribution in [-0.2, 0) is 11.3 Å². The van der Waals surface area contributed by atoms with E-state index in [0.29, 0.717) is 11.9 Å². The Morgan fingerprint density at radius 1 is 0.742 bits per heavy atom. The van der Waals surface area contributed by atoms with Crippen LogP contribution in [0.4, 0.5) is 0 Å². The van der Waals surface area contributed by atoms with Crippen molar-refractivity contribution in [1.82, 2.24) is 14.5 Å². The fourth-order valence-corrected chi connectivity index (χ4v) is 4.10. The molecule has 5 heteroatoms. The fourth-order valence-electron chi connectivity index (χ4n) is 4.10. The van der Waals surface area contributed by atoms with Crippen molar-refractivity contribution in [2.75, 3.05) is 32.8 Å². The Bertz CT molecular complexity index is 1230. The number of rotatable bonds is 5. The van der Waals surface area contributed by atoms with Crippen molar-refractivity contribution in [3.63, 3.8) is 0 Å². The molecule has 2 heterocycles. The van der Waals surface area contributed by atoms with Gasteiger partial charge >= 0.3 is 0 Å². The lowest BCUT2D eigenvalue weighted by Crippen LogP contribution is -2.39. The number of fused-ring (bicyclic) bond motifs is 1. The second kappa shape index (κ2) is 8.84. The number of para-hydroxylation sites is 1. The van der Waals surface area contributed by atoms with Gasteiger partial charge in [0.15, 0.2) is 0 Å². The SMILES string of the molecule is O=c1c2ccccc2nc(-c2ccc(-c3ccccc3)cc2)n1CCN1CCOCC1. The third-order valence-corrected chi connectivity index (χ3v) is 5.86. The predicted molar refractivity (Wildman–Crippen MR) is 124 cm³/mol. The summed E-state index contributed by atoms with van der Waals surface area (Å²) in [5, 5.41) is 0.661. The number of hydrogen-bond donors (Lipinski definition) is 0. The third-order valence-electron chi connectivity index (χ3n) is 5.86. The number of benzene rings is 3. The van der Waals surface area contributed by atoms with Crippen LogP contribution in [0.1, 0.15) is 0 Å². The molecule has 1 aromatic heterocycles. The molecule has 31 heavy (non-hydrogen) atoms. The largest absolute Gasteiger partial charge is 0.379 e. The maximum absolute atomic E-state index is 13.4. The lowest BCUT2D eigenvalue weighted by atomic mass is 10.0. The molecule has 0 saturated carbocycles. The molecule has 5 nitrogen and oxygen atoms in total. The molecule has 3 aromatic carbocycles. The van der Waals surface area contributed by atoms with Crippen LogP contribution < -0.4 is 5.56 Å². The predicted octanol–water partition coefficient (Wildman–Crippen LogP) is 4.06. The molecule has 0 atom stereocenters. The Hall–Kier alpha value is -3.28. The molecule has 0 radical (unpaired) electrons. The van der Waals surface area contributed by atoms with E-state index in [2.05, 4.69) is 41.3 Å². The Kier molecular flexibility index (Phi) is 5.61. The van der Waals surface area contributed by atoms with Gasteiger partial charge in [-0.2, -0.15) is 0 Å². The molecule has 0 N–H and O–H groups in total. The molecule has 1 aliphatic rings. The van der Waals surface area contributed by atoms with Gasteiger partial charge in [-0.25, -0.2) is 4.98 Å². The number of hydrogen-bond acceptors (Lipinski definition) is 4. The van der Waals surface area contributed by atoms with E-state index in [-0.39, 0.29) is 5.56 Å². The Balaban J connectivity index is 1.54. The molecule has 0 bridgehead atoms. The van der Waals surface area contributed by atoms with Crippen LogP contribution in [0.2, 0.25) is 0 Å². The fraction of sp³-hybridized carbons (Fsp3) is 0.231. The first kappa shape index (κ1) is 19.7. The molecule has 0 amide bonds. The molecule has 0 aliphatic carbocycles. The van der Waals surface area contributed by atoms with Gasteiger partial charge in [0.25, 0.3) is 5.56 Å². The van der Waals surface area contributed by atoms with Crippen LogP contribution in [-0.4, -0.2) is 47.3 Å². The van der Waals surface area contributed by atoms with E-state index in [1.54, 1.807) is 0 Å². The van der Waals surface area contributed by atoms with Crippen molar-refractivity contribution < 1.29 is 4.74 Å².